The third kappa shape index (κ3) is 5.92. The smallest absolute Gasteiger partial charge is 0.350 e. The lowest BCUT2D eigenvalue weighted by Gasteiger charge is -2.03. The highest BCUT2D eigenvalue weighted by Crippen LogP contribution is 1.97. The summed E-state index contributed by atoms with van der Waals surface area (Å²) in [7, 11) is 1.97. The normalized spacial score (nSPS) is 8.94. The van der Waals surface area contributed by atoms with Gasteiger partial charge in [0.2, 0.25) is 6.29 Å². The zero-order valence-electron chi connectivity index (χ0n) is 9.27. The molecule has 0 aliphatic heterocycles. The lowest BCUT2D eigenvalue weighted by molar-refractivity contribution is -0.182. The number of nitrogens with zero attached hydrogens (tertiary/aromatic N) is 1. The molecule has 0 unspecified atom stereocenters. The molecule has 0 aliphatic rings. The van der Waals surface area contributed by atoms with Gasteiger partial charge in [-0.1, -0.05) is 0 Å². The van der Waals surface area contributed by atoms with E-state index in [0.29, 0.717) is 0 Å². The fourth-order valence-corrected chi connectivity index (χ4v) is 1.00. The summed E-state index contributed by atoms with van der Waals surface area (Å²) < 4.78 is 12.5. The van der Waals surface area contributed by atoms with Crippen molar-refractivity contribution in [2.75, 3.05) is 13.6 Å². The summed E-state index contributed by atoms with van der Waals surface area (Å²) in [5, 5.41) is 3.11. The van der Waals surface area contributed by atoms with Crippen LogP contribution in [0, 0.1) is 6.92 Å². The molecule has 0 spiro atoms. The van der Waals surface area contributed by atoms with E-state index >= 15 is 0 Å². The molecule has 0 aromatic carbocycles. The van der Waals surface area contributed by atoms with Gasteiger partial charge in [-0.05, 0) is 26.1 Å². The Morgan fingerprint density at radius 1 is 1.69 bits per heavy atom. The minimum absolute atomic E-state index is 0.264. The molecule has 1 N–H and O–H groups in total. The van der Waals surface area contributed by atoms with Crippen LogP contribution in [0.15, 0.2) is 18.3 Å². The Hall–Kier alpha value is -1.69. The molecule has 90 valence electrons. The second-order valence-electron chi connectivity index (χ2n) is 2.96. The van der Waals surface area contributed by atoms with E-state index < -0.39 is 5.97 Å². The molecule has 1 aromatic rings. The number of carbonyl (C=O) groups is 2. The van der Waals surface area contributed by atoms with E-state index in [2.05, 4.69) is 40.1 Å². The number of carbonyl (C=O) groups excluding carboxylic acids is 2. The van der Waals surface area contributed by atoms with E-state index in [1.54, 1.807) is 0 Å². The molecule has 0 bridgehead atoms. The topological polar surface area (TPSA) is 60.3 Å². The monoisotopic (exact) mass is 230 g/mol. The first-order valence-corrected chi connectivity index (χ1v) is 4.69. The number of hydrogen-bond donors (Lipinski definition) is 1. The Balaban J connectivity index is 0.000000325. The van der Waals surface area contributed by atoms with Gasteiger partial charge < -0.3 is 9.88 Å². The molecular formula is C10H15FN2O3. The van der Waals surface area contributed by atoms with Crippen molar-refractivity contribution in [3.8, 4) is 0 Å². The summed E-state index contributed by atoms with van der Waals surface area (Å²) in [6.45, 7) is 4.22. The van der Waals surface area contributed by atoms with Crippen molar-refractivity contribution in [1.82, 2.24) is 9.88 Å². The largest absolute Gasteiger partial charge is 0.411 e. The number of aryl methyl sites for hydroxylation is 1. The van der Waals surface area contributed by atoms with Crippen LogP contribution in [0.5, 0.6) is 0 Å². The Bertz CT molecular complexity index is 326. The molecule has 0 saturated heterocycles. The predicted molar refractivity (Wildman–Crippen MR) is 56.4 cm³/mol. The Morgan fingerprint density at radius 3 is 2.69 bits per heavy atom. The molecule has 0 atom stereocenters. The maximum atomic E-state index is 10.3. The van der Waals surface area contributed by atoms with Crippen molar-refractivity contribution in [3.05, 3.63) is 24.0 Å². The zero-order valence-corrected chi connectivity index (χ0v) is 9.27. The van der Waals surface area contributed by atoms with Crippen molar-refractivity contribution in [3.63, 3.8) is 0 Å². The maximum absolute atomic E-state index is 10.3. The first-order chi connectivity index (χ1) is 7.65. The van der Waals surface area contributed by atoms with E-state index in [1.807, 2.05) is 7.05 Å². The van der Waals surface area contributed by atoms with Crippen LogP contribution in [0.4, 0.5) is 4.53 Å². The van der Waals surface area contributed by atoms with Crippen molar-refractivity contribution >= 4 is 12.3 Å². The Morgan fingerprint density at radius 2 is 2.38 bits per heavy atom. The lowest BCUT2D eigenvalue weighted by atomic mass is 10.5. The van der Waals surface area contributed by atoms with Gasteiger partial charge in [-0.15, -0.1) is 0 Å². The first-order valence-electron chi connectivity index (χ1n) is 4.69. The Labute approximate surface area is 93.1 Å². The third-order valence-electron chi connectivity index (χ3n) is 1.83. The molecule has 5 nitrogen and oxygen atoms in total. The van der Waals surface area contributed by atoms with Crippen LogP contribution in [0.3, 0.4) is 0 Å². The van der Waals surface area contributed by atoms with Gasteiger partial charge in [-0.3, -0.25) is 4.79 Å². The van der Waals surface area contributed by atoms with Gasteiger partial charge in [0.25, 0.3) is 0 Å². The number of hydrogen-bond acceptors (Lipinski definition) is 4. The van der Waals surface area contributed by atoms with Crippen LogP contribution in [-0.2, 0) is 21.1 Å². The second-order valence-corrected chi connectivity index (χ2v) is 2.96. The molecule has 0 aliphatic carbocycles. The average molecular weight is 230 g/mol. The van der Waals surface area contributed by atoms with Crippen LogP contribution in [0.1, 0.15) is 5.69 Å². The van der Waals surface area contributed by atoms with Crippen molar-refractivity contribution in [1.29, 1.82) is 0 Å². The van der Waals surface area contributed by atoms with Gasteiger partial charge in [-0.25, -0.2) is 9.74 Å². The minimum Gasteiger partial charge on any atom is -0.350 e. The van der Waals surface area contributed by atoms with Crippen LogP contribution in [0.2, 0.25) is 0 Å². The van der Waals surface area contributed by atoms with Crippen LogP contribution in [-0.4, -0.2) is 30.4 Å². The number of halogens is 1. The van der Waals surface area contributed by atoms with Crippen LogP contribution < -0.4 is 5.32 Å². The summed E-state index contributed by atoms with van der Waals surface area (Å²) in [5.74, 6) is -1.50. The van der Waals surface area contributed by atoms with Crippen LogP contribution in [0.25, 0.3) is 0 Å². The SMILES string of the molecule is CNCCn1cccc1C.O=CC(=O)OF. The van der Waals surface area contributed by atoms with Gasteiger partial charge in [0.1, 0.15) is 0 Å². The summed E-state index contributed by atoms with van der Waals surface area (Å²) >= 11 is 0. The summed E-state index contributed by atoms with van der Waals surface area (Å²) in [5.41, 5.74) is 1.33. The molecule has 0 saturated carbocycles. The maximum Gasteiger partial charge on any atom is 0.411 e. The average Bonchev–Trinajstić information content (AvgIpc) is 2.72. The van der Waals surface area contributed by atoms with Gasteiger partial charge >= 0.3 is 5.97 Å². The molecule has 0 fully saturated rings. The molecule has 6 heteroatoms. The molecule has 1 heterocycles. The number of likely N-dealkylation sites (N-methyl/N-ethyl adjacent to an activating group) is 1. The van der Waals surface area contributed by atoms with Gasteiger partial charge in [0.15, 0.2) is 0 Å². The predicted octanol–water partition coefficient (Wildman–Crippen LogP) is 0.629. The summed E-state index contributed by atoms with van der Waals surface area (Å²) in [6.07, 6.45) is 1.84. The van der Waals surface area contributed by atoms with Crippen molar-refractivity contribution in [2.24, 2.45) is 0 Å². The standard InChI is InChI=1S/C8H14N2.C2HFO3/c1-8-4-3-6-10(8)7-5-9-2;3-6-2(5)1-4/h3-4,6,9H,5,7H2,1-2H3;1H. The number of aldehydes is 1. The highest BCUT2D eigenvalue weighted by atomic mass is 19.3. The molecule has 1 aromatic heterocycles. The third-order valence-corrected chi connectivity index (χ3v) is 1.83. The lowest BCUT2D eigenvalue weighted by Crippen LogP contribution is -2.14. The second kappa shape index (κ2) is 8.60. The van der Waals surface area contributed by atoms with E-state index in [-0.39, 0.29) is 6.29 Å². The van der Waals surface area contributed by atoms with Crippen molar-refractivity contribution < 1.29 is 19.1 Å². The number of aromatic nitrogens is 1. The van der Waals surface area contributed by atoms with Gasteiger partial charge in [0, 0.05) is 29.5 Å². The number of nitrogens with one attached hydrogen (secondary N) is 1. The van der Waals surface area contributed by atoms with Gasteiger partial charge in [-0.2, -0.15) is 0 Å². The molecule has 0 amide bonds. The van der Waals surface area contributed by atoms with E-state index in [0.717, 1.165) is 13.1 Å². The molecule has 0 radical (unpaired) electrons. The van der Waals surface area contributed by atoms with E-state index in [9.17, 15) is 9.32 Å². The molecule has 1 rings (SSSR count). The highest BCUT2D eigenvalue weighted by Gasteiger charge is 1.93. The highest BCUT2D eigenvalue weighted by molar-refractivity contribution is 6.20. The Kier molecular flexibility index (Phi) is 7.70. The first kappa shape index (κ1) is 14.3. The van der Waals surface area contributed by atoms with Crippen LogP contribution >= 0.6 is 0 Å². The summed E-state index contributed by atoms with van der Waals surface area (Å²) in [6, 6.07) is 4.20. The van der Waals surface area contributed by atoms with E-state index in [1.165, 1.54) is 5.69 Å². The quantitative estimate of drug-likeness (QED) is 0.608. The zero-order chi connectivity index (χ0) is 12.4. The molecular weight excluding hydrogens is 215 g/mol. The molecule has 16 heavy (non-hydrogen) atoms. The number of rotatable bonds is 4. The fourth-order valence-electron chi connectivity index (χ4n) is 1.00. The van der Waals surface area contributed by atoms with Crippen molar-refractivity contribution in [2.45, 2.75) is 13.5 Å². The minimum atomic E-state index is -1.50. The van der Waals surface area contributed by atoms with Gasteiger partial charge in [0.05, 0.1) is 0 Å². The summed E-state index contributed by atoms with van der Waals surface area (Å²) in [4.78, 5) is 20.6. The fraction of sp³-hybridized carbons (Fsp3) is 0.400. The van der Waals surface area contributed by atoms with E-state index in [4.69, 9.17) is 4.79 Å².